The number of amides is 1. The van der Waals surface area contributed by atoms with Crippen LogP contribution in [0.1, 0.15) is 21.5 Å². The summed E-state index contributed by atoms with van der Waals surface area (Å²) in [5, 5.41) is 10.7. The van der Waals surface area contributed by atoms with E-state index in [1.54, 1.807) is 67.0 Å². The number of rotatable bonds is 8. The number of nitrogens with one attached hydrogen (secondary N) is 2. The molecule has 1 amide bonds. The zero-order valence-electron chi connectivity index (χ0n) is 21.3. The Morgan fingerprint density at radius 3 is 2.65 bits per heavy atom. The van der Waals surface area contributed by atoms with Gasteiger partial charge >= 0.3 is 0 Å². The molecule has 0 aliphatic heterocycles. The predicted molar refractivity (Wildman–Crippen MR) is 151 cm³/mol. The van der Waals surface area contributed by atoms with Crippen molar-refractivity contribution in [3.63, 3.8) is 0 Å². The molecule has 0 radical (unpaired) electrons. The molecule has 0 atom stereocenters. The number of hydrogen-bond acceptors (Lipinski definition) is 6. The maximum atomic E-state index is 13.9. The number of pyridine rings is 1. The predicted octanol–water partition coefficient (Wildman–Crippen LogP) is 6.19. The first-order valence-corrected chi connectivity index (χ1v) is 12.6. The summed E-state index contributed by atoms with van der Waals surface area (Å²) in [7, 11) is 0. The fraction of sp³-hybridized carbons (Fsp3) is 0.0667. The van der Waals surface area contributed by atoms with Crippen LogP contribution in [0.15, 0.2) is 102 Å². The number of anilines is 2. The van der Waals surface area contributed by atoms with Gasteiger partial charge in [0.2, 0.25) is 0 Å². The lowest BCUT2D eigenvalue weighted by Crippen LogP contribution is -2.24. The summed E-state index contributed by atoms with van der Waals surface area (Å²) in [4.78, 5) is 30.5. The molecule has 0 aliphatic rings. The second-order valence-corrected chi connectivity index (χ2v) is 9.25. The highest BCUT2D eigenvalue weighted by Gasteiger charge is 2.17. The lowest BCUT2D eigenvalue weighted by atomic mass is 10.1. The van der Waals surface area contributed by atoms with Gasteiger partial charge in [-0.1, -0.05) is 29.8 Å². The summed E-state index contributed by atoms with van der Waals surface area (Å²) in [6.07, 6.45) is 4.70. The summed E-state index contributed by atoms with van der Waals surface area (Å²) >= 11 is 6.15. The molecular weight excluding hydrogens is 533 g/mol. The van der Waals surface area contributed by atoms with Gasteiger partial charge in [0, 0.05) is 35.2 Å². The first-order valence-electron chi connectivity index (χ1n) is 12.2. The SMILES string of the molecule is Cc1cc(Oc2cnn(-c3cccc(F)c3)c(=O)c2Nc2cccc(C(=O)NCc3cccnc3)c2)ccc1Cl. The molecular formula is C30H23ClFN5O3. The van der Waals surface area contributed by atoms with Crippen molar-refractivity contribution in [2.24, 2.45) is 0 Å². The summed E-state index contributed by atoms with van der Waals surface area (Å²) in [6, 6.07) is 21.0. The Morgan fingerprint density at radius 1 is 1.02 bits per heavy atom. The monoisotopic (exact) mass is 555 g/mol. The van der Waals surface area contributed by atoms with Crippen molar-refractivity contribution in [1.29, 1.82) is 0 Å². The molecule has 200 valence electrons. The van der Waals surface area contributed by atoms with Crippen LogP contribution >= 0.6 is 11.6 Å². The molecule has 0 spiro atoms. The minimum Gasteiger partial charge on any atom is -0.453 e. The number of halogens is 2. The number of benzene rings is 3. The van der Waals surface area contributed by atoms with Crippen molar-refractivity contribution in [1.82, 2.24) is 20.1 Å². The number of carbonyl (C=O) groups is 1. The Hall–Kier alpha value is -5.02. The van der Waals surface area contributed by atoms with Crippen LogP contribution in [0.2, 0.25) is 5.02 Å². The topological polar surface area (TPSA) is 98.1 Å². The van der Waals surface area contributed by atoms with Gasteiger partial charge in [-0.15, -0.1) is 0 Å². The van der Waals surface area contributed by atoms with Crippen molar-refractivity contribution in [2.75, 3.05) is 5.32 Å². The van der Waals surface area contributed by atoms with Crippen molar-refractivity contribution >= 4 is 28.9 Å². The normalized spacial score (nSPS) is 10.7. The maximum absolute atomic E-state index is 13.9. The van der Waals surface area contributed by atoms with Gasteiger partial charge < -0.3 is 15.4 Å². The highest BCUT2D eigenvalue weighted by Crippen LogP contribution is 2.31. The highest BCUT2D eigenvalue weighted by atomic mass is 35.5. The van der Waals surface area contributed by atoms with E-state index in [0.717, 1.165) is 15.8 Å². The Kier molecular flexibility index (Phi) is 7.84. The zero-order chi connectivity index (χ0) is 28.1. The van der Waals surface area contributed by atoms with Gasteiger partial charge in [-0.3, -0.25) is 14.6 Å². The van der Waals surface area contributed by atoms with Crippen molar-refractivity contribution in [2.45, 2.75) is 13.5 Å². The van der Waals surface area contributed by atoms with Crippen LogP contribution in [-0.2, 0) is 6.54 Å². The van der Waals surface area contributed by atoms with E-state index in [1.165, 1.54) is 24.4 Å². The van der Waals surface area contributed by atoms with Crippen molar-refractivity contribution < 1.29 is 13.9 Å². The second-order valence-electron chi connectivity index (χ2n) is 8.84. The van der Waals surface area contributed by atoms with E-state index in [2.05, 4.69) is 20.7 Å². The van der Waals surface area contributed by atoms with Gasteiger partial charge in [0.1, 0.15) is 11.6 Å². The standard InChI is InChI=1S/C30H23ClFN5O3/c1-19-13-25(10-11-26(19)31)40-27-18-35-37(24-9-3-7-22(32)15-24)30(39)28(27)36-23-8-2-6-21(14-23)29(38)34-17-20-5-4-12-33-16-20/h2-16,18,36H,17H2,1H3,(H,34,38). The molecule has 3 aromatic carbocycles. The third kappa shape index (κ3) is 6.16. The number of aryl methyl sites for hydroxylation is 1. The van der Waals surface area contributed by atoms with E-state index in [0.29, 0.717) is 28.6 Å². The van der Waals surface area contributed by atoms with Crippen molar-refractivity contribution in [3.05, 3.63) is 135 Å². The van der Waals surface area contributed by atoms with Gasteiger partial charge in [-0.25, -0.2) is 4.39 Å². The Balaban J connectivity index is 1.48. The summed E-state index contributed by atoms with van der Waals surface area (Å²) in [5.41, 5.74) is 2.19. The van der Waals surface area contributed by atoms with Crippen LogP contribution < -0.4 is 20.9 Å². The quantitative estimate of drug-likeness (QED) is 0.237. The van der Waals surface area contributed by atoms with Crippen molar-refractivity contribution in [3.8, 4) is 17.2 Å². The maximum Gasteiger partial charge on any atom is 0.299 e. The Labute approximate surface area is 234 Å². The first kappa shape index (κ1) is 26.6. The van der Waals surface area contributed by atoms with Gasteiger partial charge in [-0.2, -0.15) is 9.78 Å². The minimum atomic E-state index is -0.583. The molecule has 0 fully saturated rings. The van der Waals surface area contributed by atoms with Gasteiger partial charge in [0.15, 0.2) is 11.4 Å². The van der Waals surface area contributed by atoms with E-state index >= 15 is 0 Å². The van der Waals surface area contributed by atoms with E-state index in [1.807, 2.05) is 13.0 Å². The Morgan fingerprint density at radius 2 is 1.88 bits per heavy atom. The number of nitrogens with zero attached hydrogens (tertiary/aromatic N) is 3. The lowest BCUT2D eigenvalue weighted by molar-refractivity contribution is 0.0951. The first-order chi connectivity index (χ1) is 19.4. The van der Waals surface area contributed by atoms with Crippen LogP contribution in [0.4, 0.5) is 15.8 Å². The number of aromatic nitrogens is 3. The van der Waals surface area contributed by atoms with Gasteiger partial charge in [-0.05, 0) is 78.7 Å². The number of hydrogen-bond donors (Lipinski definition) is 2. The largest absolute Gasteiger partial charge is 0.453 e. The molecule has 0 saturated heterocycles. The molecule has 0 bridgehead atoms. The molecule has 40 heavy (non-hydrogen) atoms. The second kappa shape index (κ2) is 11.8. The molecule has 0 aliphatic carbocycles. The van der Waals surface area contributed by atoms with Crippen LogP contribution in [0.3, 0.4) is 0 Å². The highest BCUT2D eigenvalue weighted by molar-refractivity contribution is 6.31. The van der Waals surface area contributed by atoms with E-state index in [-0.39, 0.29) is 23.0 Å². The molecule has 10 heteroatoms. The van der Waals surface area contributed by atoms with Crippen LogP contribution in [0.5, 0.6) is 11.5 Å². The molecule has 5 aromatic rings. The molecule has 5 rings (SSSR count). The van der Waals surface area contributed by atoms with Gasteiger partial charge in [0.05, 0.1) is 11.9 Å². The molecule has 8 nitrogen and oxygen atoms in total. The fourth-order valence-corrected chi connectivity index (χ4v) is 4.02. The minimum absolute atomic E-state index is 0.0415. The molecule has 0 saturated carbocycles. The van der Waals surface area contributed by atoms with Crippen LogP contribution in [0.25, 0.3) is 5.69 Å². The molecule has 0 unspecified atom stereocenters. The molecule has 2 aromatic heterocycles. The van der Waals surface area contributed by atoms with Gasteiger partial charge in [0.25, 0.3) is 11.5 Å². The number of carbonyl (C=O) groups excluding carboxylic acids is 1. The lowest BCUT2D eigenvalue weighted by Gasteiger charge is -2.15. The van der Waals surface area contributed by atoms with Crippen LogP contribution in [-0.4, -0.2) is 20.7 Å². The Bertz CT molecular complexity index is 1740. The molecule has 2 heterocycles. The number of ether oxygens (including phenoxy) is 1. The third-order valence-electron chi connectivity index (χ3n) is 5.92. The van der Waals surface area contributed by atoms with E-state index in [9.17, 15) is 14.0 Å². The summed E-state index contributed by atoms with van der Waals surface area (Å²) in [6.45, 7) is 2.14. The molecule has 2 N–H and O–H groups in total. The zero-order valence-corrected chi connectivity index (χ0v) is 22.0. The third-order valence-corrected chi connectivity index (χ3v) is 6.35. The van der Waals surface area contributed by atoms with Crippen LogP contribution in [0, 0.1) is 12.7 Å². The fourth-order valence-electron chi connectivity index (χ4n) is 3.90. The average molecular weight is 556 g/mol. The smallest absolute Gasteiger partial charge is 0.299 e. The average Bonchev–Trinajstić information content (AvgIpc) is 2.96. The summed E-state index contributed by atoms with van der Waals surface area (Å²) in [5.74, 6) is -0.237. The summed E-state index contributed by atoms with van der Waals surface area (Å²) < 4.78 is 21.0. The van der Waals surface area contributed by atoms with E-state index in [4.69, 9.17) is 16.3 Å². The van der Waals surface area contributed by atoms with E-state index < -0.39 is 11.4 Å².